The average molecular weight is 410 g/mol. The molecule has 7 nitrogen and oxygen atoms in total. The minimum Gasteiger partial charge on any atom is -0.459 e. The van der Waals surface area contributed by atoms with Crippen LogP contribution in [0.1, 0.15) is 32.3 Å². The standard InChI is InChI=1S/C21H22N4O3S/c1-13-5-6-15(14(2)10-13)22-19(26)12-25-8-7-16-18(11-25)29-21(23-16)24-20(27)17-4-3-9-28-17/h3-6,9-10H,7-8,11-12H2,1-2H3,(H,22,26)(H,23,24,27). The van der Waals surface area contributed by atoms with Gasteiger partial charge in [-0.2, -0.15) is 0 Å². The van der Waals surface area contributed by atoms with E-state index in [0.717, 1.165) is 34.8 Å². The van der Waals surface area contributed by atoms with Gasteiger partial charge in [0.05, 0.1) is 18.5 Å². The molecule has 0 spiro atoms. The molecule has 0 saturated heterocycles. The molecule has 2 N–H and O–H groups in total. The molecular weight excluding hydrogens is 388 g/mol. The molecule has 2 amide bonds. The summed E-state index contributed by atoms with van der Waals surface area (Å²) in [6, 6.07) is 9.26. The van der Waals surface area contributed by atoms with E-state index in [2.05, 4.69) is 26.6 Å². The second-order valence-corrected chi connectivity index (χ2v) is 8.23. The molecule has 8 heteroatoms. The zero-order chi connectivity index (χ0) is 20.4. The number of carbonyl (C=O) groups excluding carboxylic acids is 2. The second kappa shape index (κ2) is 8.18. The highest BCUT2D eigenvalue weighted by molar-refractivity contribution is 7.15. The minimum absolute atomic E-state index is 0.0312. The predicted octanol–water partition coefficient (Wildman–Crippen LogP) is 3.60. The van der Waals surface area contributed by atoms with Gasteiger partial charge in [-0.1, -0.05) is 17.7 Å². The number of hydrogen-bond donors (Lipinski definition) is 2. The summed E-state index contributed by atoms with van der Waals surface area (Å²) in [5.74, 6) is -0.0927. The summed E-state index contributed by atoms with van der Waals surface area (Å²) >= 11 is 1.44. The fourth-order valence-corrected chi connectivity index (χ4v) is 4.40. The van der Waals surface area contributed by atoms with E-state index >= 15 is 0 Å². The van der Waals surface area contributed by atoms with E-state index < -0.39 is 0 Å². The molecule has 3 heterocycles. The highest BCUT2D eigenvalue weighted by Gasteiger charge is 2.23. The molecule has 0 radical (unpaired) electrons. The van der Waals surface area contributed by atoms with Crippen LogP contribution in [0.5, 0.6) is 0 Å². The van der Waals surface area contributed by atoms with E-state index in [1.807, 2.05) is 26.0 Å². The lowest BCUT2D eigenvalue weighted by molar-refractivity contribution is -0.117. The van der Waals surface area contributed by atoms with Crippen LogP contribution in [-0.4, -0.2) is 34.8 Å². The van der Waals surface area contributed by atoms with Crippen molar-refractivity contribution in [3.8, 4) is 0 Å². The number of benzene rings is 1. The normalized spacial score (nSPS) is 13.7. The van der Waals surface area contributed by atoms with Crippen molar-refractivity contribution >= 4 is 34.0 Å². The van der Waals surface area contributed by atoms with Gasteiger partial charge in [0, 0.05) is 30.1 Å². The molecule has 29 heavy (non-hydrogen) atoms. The summed E-state index contributed by atoms with van der Waals surface area (Å²) in [6.45, 7) is 5.74. The fraction of sp³-hybridized carbons (Fsp3) is 0.286. The molecule has 1 aromatic carbocycles. The smallest absolute Gasteiger partial charge is 0.293 e. The van der Waals surface area contributed by atoms with Crippen molar-refractivity contribution in [3.05, 3.63) is 64.1 Å². The number of aromatic nitrogens is 1. The van der Waals surface area contributed by atoms with Gasteiger partial charge < -0.3 is 9.73 Å². The third-order valence-corrected chi connectivity index (χ3v) is 5.80. The second-order valence-electron chi connectivity index (χ2n) is 7.15. The van der Waals surface area contributed by atoms with Gasteiger partial charge >= 0.3 is 0 Å². The molecule has 1 aliphatic rings. The van der Waals surface area contributed by atoms with Gasteiger partial charge in [0.2, 0.25) is 5.91 Å². The number of anilines is 2. The quantitative estimate of drug-likeness (QED) is 0.671. The lowest BCUT2D eigenvalue weighted by Crippen LogP contribution is -2.36. The van der Waals surface area contributed by atoms with Crippen molar-refractivity contribution in [2.45, 2.75) is 26.8 Å². The zero-order valence-corrected chi connectivity index (χ0v) is 17.1. The van der Waals surface area contributed by atoms with Gasteiger partial charge in [-0.25, -0.2) is 4.98 Å². The van der Waals surface area contributed by atoms with Gasteiger partial charge in [0.25, 0.3) is 5.91 Å². The Bertz CT molecular complexity index is 1040. The van der Waals surface area contributed by atoms with Crippen molar-refractivity contribution in [1.29, 1.82) is 0 Å². The summed E-state index contributed by atoms with van der Waals surface area (Å²) in [6.07, 6.45) is 2.21. The lowest BCUT2D eigenvalue weighted by atomic mass is 10.1. The Balaban J connectivity index is 1.35. The maximum absolute atomic E-state index is 12.5. The van der Waals surface area contributed by atoms with E-state index in [1.54, 1.807) is 12.1 Å². The first-order chi connectivity index (χ1) is 14.0. The molecule has 4 rings (SSSR count). The predicted molar refractivity (Wildman–Crippen MR) is 112 cm³/mol. The molecule has 150 valence electrons. The Morgan fingerprint density at radius 3 is 2.86 bits per heavy atom. The van der Waals surface area contributed by atoms with Gasteiger partial charge in [-0.05, 0) is 37.6 Å². The molecule has 0 unspecified atom stereocenters. The summed E-state index contributed by atoms with van der Waals surface area (Å²) in [5.41, 5.74) is 4.05. The van der Waals surface area contributed by atoms with E-state index in [0.29, 0.717) is 18.2 Å². The van der Waals surface area contributed by atoms with Crippen molar-refractivity contribution < 1.29 is 14.0 Å². The third-order valence-electron chi connectivity index (χ3n) is 4.80. The fourth-order valence-electron chi connectivity index (χ4n) is 3.35. The molecule has 2 aromatic heterocycles. The van der Waals surface area contributed by atoms with Crippen molar-refractivity contribution in [3.63, 3.8) is 0 Å². The van der Waals surface area contributed by atoms with Crippen LogP contribution < -0.4 is 10.6 Å². The number of rotatable bonds is 5. The first kappa shape index (κ1) is 19.4. The number of nitrogens with one attached hydrogen (secondary N) is 2. The first-order valence-electron chi connectivity index (χ1n) is 9.41. The van der Waals surface area contributed by atoms with Gasteiger partial charge in [-0.3, -0.25) is 19.8 Å². The number of furan rings is 1. The Morgan fingerprint density at radius 2 is 2.10 bits per heavy atom. The summed E-state index contributed by atoms with van der Waals surface area (Å²) in [5, 5.41) is 6.33. The van der Waals surface area contributed by atoms with Crippen molar-refractivity contribution in [1.82, 2.24) is 9.88 Å². The van der Waals surface area contributed by atoms with Crippen LogP contribution in [0.2, 0.25) is 0 Å². The monoisotopic (exact) mass is 410 g/mol. The lowest BCUT2D eigenvalue weighted by Gasteiger charge is -2.25. The molecular formula is C21H22N4O3S. The number of amides is 2. The molecule has 3 aromatic rings. The van der Waals surface area contributed by atoms with Crippen LogP contribution in [0.15, 0.2) is 41.0 Å². The Labute approximate surface area is 172 Å². The van der Waals surface area contributed by atoms with Crippen LogP contribution in [0.3, 0.4) is 0 Å². The Hall–Kier alpha value is -2.97. The number of hydrogen-bond acceptors (Lipinski definition) is 6. The van der Waals surface area contributed by atoms with Crippen LogP contribution in [0.25, 0.3) is 0 Å². The van der Waals surface area contributed by atoms with Crippen LogP contribution in [-0.2, 0) is 17.8 Å². The number of nitrogens with zero attached hydrogens (tertiary/aromatic N) is 2. The maximum Gasteiger partial charge on any atom is 0.293 e. The van der Waals surface area contributed by atoms with E-state index in [4.69, 9.17) is 4.42 Å². The zero-order valence-electron chi connectivity index (χ0n) is 16.3. The largest absolute Gasteiger partial charge is 0.459 e. The summed E-state index contributed by atoms with van der Waals surface area (Å²) < 4.78 is 5.11. The summed E-state index contributed by atoms with van der Waals surface area (Å²) in [7, 11) is 0. The Morgan fingerprint density at radius 1 is 1.24 bits per heavy atom. The third kappa shape index (κ3) is 4.55. The minimum atomic E-state index is -0.314. The number of fused-ring (bicyclic) bond motifs is 1. The highest BCUT2D eigenvalue weighted by atomic mass is 32.1. The van der Waals surface area contributed by atoms with E-state index in [1.165, 1.54) is 23.2 Å². The van der Waals surface area contributed by atoms with E-state index in [9.17, 15) is 9.59 Å². The van der Waals surface area contributed by atoms with Crippen LogP contribution in [0.4, 0.5) is 10.8 Å². The summed E-state index contributed by atoms with van der Waals surface area (Å²) in [4.78, 5) is 32.3. The topological polar surface area (TPSA) is 87.5 Å². The van der Waals surface area contributed by atoms with Gasteiger partial charge in [0.15, 0.2) is 10.9 Å². The highest BCUT2D eigenvalue weighted by Crippen LogP contribution is 2.28. The molecule has 0 atom stereocenters. The first-order valence-corrected chi connectivity index (χ1v) is 10.2. The molecule has 0 saturated carbocycles. The number of thiazole rings is 1. The van der Waals surface area contributed by atoms with Crippen molar-refractivity contribution in [2.75, 3.05) is 23.7 Å². The van der Waals surface area contributed by atoms with Crippen molar-refractivity contribution in [2.24, 2.45) is 0 Å². The van der Waals surface area contributed by atoms with Gasteiger partial charge in [-0.15, -0.1) is 11.3 Å². The van der Waals surface area contributed by atoms with Crippen LogP contribution >= 0.6 is 11.3 Å². The number of carbonyl (C=O) groups is 2. The molecule has 0 fully saturated rings. The maximum atomic E-state index is 12.5. The number of aryl methyl sites for hydroxylation is 2. The molecule has 1 aliphatic heterocycles. The molecule has 0 bridgehead atoms. The molecule has 0 aliphatic carbocycles. The van der Waals surface area contributed by atoms with E-state index in [-0.39, 0.29) is 17.6 Å². The average Bonchev–Trinajstić information content (AvgIpc) is 3.33. The van der Waals surface area contributed by atoms with Gasteiger partial charge in [0.1, 0.15) is 0 Å². The SMILES string of the molecule is Cc1ccc(NC(=O)CN2CCc3nc(NC(=O)c4ccco4)sc3C2)c(C)c1. The Kier molecular flexibility index (Phi) is 5.46. The van der Waals surface area contributed by atoms with Crippen LogP contribution in [0, 0.1) is 13.8 Å².